The smallest absolute Gasteiger partial charge is 0.353 e. The Morgan fingerprint density at radius 1 is 1.64 bits per heavy atom. The van der Waals surface area contributed by atoms with Crippen molar-refractivity contribution in [2.45, 2.75) is 11.9 Å². The second-order valence-electron chi connectivity index (χ2n) is 2.39. The molecule has 9 heteroatoms. The van der Waals surface area contributed by atoms with E-state index in [9.17, 15) is 9.36 Å². The quantitative estimate of drug-likeness (QED) is 0.228. The van der Waals surface area contributed by atoms with Gasteiger partial charge < -0.3 is 20.8 Å². The number of carbonyl (C=O) groups excluding carboxylic acids is 1. The third-order valence-electron chi connectivity index (χ3n) is 1.10. The molecular formula is C5H13N2O5PS. The summed E-state index contributed by atoms with van der Waals surface area (Å²) < 4.78 is 14.5. The zero-order chi connectivity index (χ0) is 11.2. The van der Waals surface area contributed by atoms with Gasteiger partial charge in [-0.1, -0.05) is 0 Å². The molecule has 1 atom stereocenters. The molecule has 0 radical (unpaired) electrons. The zero-order valence-electron chi connectivity index (χ0n) is 7.29. The van der Waals surface area contributed by atoms with Crippen LogP contribution in [-0.4, -0.2) is 34.2 Å². The molecule has 0 rings (SSSR count). The summed E-state index contributed by atoms with van der Waals surface area (Å²) in [6.07, 6.45) is 0.149. The van der Waals surface area contributed by atoms with Crippen molar-refractivity contribution in [3.63, 3.8) is 0 Å². The van der Waals surface area contributed by atoms with Crippen molar-refractivity contribution in [1.82, 2.24) is 5.32 Å². The Labute approximate surface area is 86.7 Å². The van der Waals surface area contributed by atoms with E-state index in [4.69, 9.17) is 15.5 Å². The Bertz CT molecular complexity index is 232. The van der Waals surface area contributed by atoms with Gasteiger partial charge in [-0.2, -0.15) is 0 Å². The van der Waals surface area contributed by atoms with Gasteiger partial charge in [0.2, 0.25) is 5.91 Å². The van der Waals surface area contributed by atoms with Crippen LogP contribution in [0.2, 0.25) is 0 Å². The fourth-order valence-corrected chi connectivity index (χ4v) is 1.47. The number of carbonyl (C=O) groups is 1. The first-order chi connectivity index (χ1) is 6.35. The Kier molecular flexibility index (Phi) is 6.34. The van der Waals surface area contributed by atoms with Gasteiger partial charge in [0.05, 0.1) is 6.54 Å². The number of thiol groups is 1. The molecule has 5 N–H and O–H groups in total. The van der Waals surface area contributed by atoms with E-state index in [1.165, 1.54) is 0 Å². The molecule has 14 heavy (non-hydrogen) atoms. The van der Waals surface area contributed by atoms with Crippen molar-refractivity contribution >= 4 is 26.4 Å². The van der Waals surface area contributed by atoms with Crippen LogP contribution in [0.15, 0.2) is 0 Å². The Balaban J connectivity index is 3.69. The minimum atomic E-state index is -4.55. The largest absolute Gasteiger partial charge is 0.470 e. The predicted molar refractivity (Wildman–Crippen MR) is 52.6 cm³/mol. The third-order valence-corrected chi connectivity index (χ3v) is 2.09. The molecule has 0 aliphatic heterocycles. The molecule has 84 valence electrons. The normalized spacial score (nSPS) is 13.7. The predicted octanol–water partition coefficient (Wildman–Crippen LogP) is -1.18. The summed E-state index contributed by atoms with van der Waals surface area (Å²) in [5.74, 6) is -0.319. The first-order valence-electron chi connectivity index (χ1n) is 3.74. The van der Waals surface area contributed by atoms with Crippen molar-refractivity contribution in [3.8, 4) is 0 Å². The molecule has 0 aromatic rings. The van der Waals surface area contributed by atoms with Crippen LogP contribution < -0.4 is 11.1 Å². The average Bonchev–Trinajstić information content (AvgIpc) is 1.98. The van der Waals surface area contributed by atoms with Gasteiger partial charge in [-0.3, -0.25) is 9.32 Å². The lowest BCUT2D eigenvalue weighted by Gasteiger charge is -2.13. The first-order valence-corrected chi connectivity index (χ1v) is 5.78. The number of phosphoric ester groups is 1. The van der Waals surface area contributed by atoms with Crippen LogP contribution in [-0.2, 0) is 13.9 Å². The summed E-state index contributed by atoms with van der Waals surface area (Å²) in [6.45, 7) is 0.121. The van der Waals surface area contributed by atoms with Gasteiger partial charge in [-0.25, -0.2) is 4.57 Å². The Hall–Kier alpha value is -0.110. The maximum absolute atomic E-state index is 10.8. The molecule has 0 aromatic carbocycles. The van der Waals surface area contributed by atoms with Gasteiger partial charge in [0.15, 0.2) is 0 Å². The maximum atomic E-state index is 10.8. The molecule has 0 saturated carbocycles. The van der Waals surface area contributed by atoms with Crippen molar-refractivity contribution in [2.24, 2.45) is 5.73 Å². The fourth-order valence-electron chi connectivity index (χ4n) is 0.616. The zero-order valence-corrected chi connectivity index (χ0v) is 9.08. The van der Waals surface area contributed by atoms with Crippen LogP contribution in [0.1, 0.15) is 6.42 Å². The van der Waals surface area contributed by atoms with Gasteiger partial charge in [0.25, 0.3) is 0 Å². The lowest BCUT2D eigenvalue weighted by Crippen LogP contribution is -2.31. The highest BCUT2D eigenvalue weighted by Crippen LogP contribution is 2.38. The summed E-state index contributed by atoms with van der Waals surface area (Å²) in [5.41, 5.74) is 4.06. The Morgan fingerprint density at radius 2 is 2.21 bits per heavy atom. The van der Waals surface area contributed by atoms with Crippen LogP contribution in [0, 0.1) is 0 Å². The summed E-state index contributed by atoms with van der Waals surface area (Å²) in [5, 5.41) is 2.34. The highest BCUT2D eigenvalue weighted by atomic mass is 32.1. The van der Waals surface area contributed by atoms with Crippen LogP contribution >= 0.6 is 20.5 Å². The average molecular weight is 244 g/mol. The summed E-state index contributed by atoms with van der Waals surface area (Å²) in [4.78, 5) is 27.6. The number of hydrogen-bond donors (Lipinski definition) is 5. The standard InChI is InChI=1S/C5H13N2O5PS/c6-2-1-4(8)7-3-5(14)12-13(9,10)11/h5,14H,1-3,6H2,(H,7,8)(H2,9,10,11). The molecule has 0 aliphatic carbocycles. The Morgan fingerprint density at radius 3 is 2.64 bits per heavy atom. The number of rotatable bonds is 6. The molecule has 0 spiro atoms. The van der Waals surface area contributed by atoms with Crippen LogP contribution in [0.4, 0.5) is 0 Å². The van der Waals surface area contributed by atoms with Gasteiger partial charge in [0, 0.05) is 13.0 Å². The van der Waals surface area contributed by atoms with E-state index in [2.05, 4.69) is 22.5 Å². The van der Waals surface area contributed by atoms with Crippen LogP contribution in [0.5, 0.6) is 0 Å². The lowest BCUT2D eigenvalue weighted by atomic mass is 10.4. The van der Waals surface area contributed by atoms with E-state index in [-0.39, 0.29) is 25.4 Å². The SMILES string of the molecule is NCCC(=O)NCC(S)OP(=O)(O)O. The third kappa shape index (κ3) is 8.49. The van der Waals surface area contributed by atoms with E-state index in [1.807, 2.05) is 0 Å². The number of phosphoric acid groups is 1. The second kappa shape index (κ2) is 6.39. The van der Waals surface area contributed by atoms with Crippen LogP contribution in [0.3, 0.4) is 0 Å². The molecule has 0 fully saturated rings. The maximum Gasteiger partial charge on any atom is 0.470 e. The van der Waals surface area contributed by atoms with E-state index in [0.717, 1.165) is 0 Å². The van der Waals surface area contributed by atoms with Gasteiger partial charge in [0.1, 0.15) is 5.44 Å². The first kappa shape index (κ1) is 13.9. The van der Waals surface area contributed by atoms with Gasteiger partial charge >= 0.3 is 7.82 Å². The van der Waals surface area contributed by atoms with Gasteiger partial charge in [-0.15, -0.1) is 12.6 Å². The highest BCUT2D eigenvalue weighted by Gasteiger charge is 2.19. The highest BCUT2D eigenvalue weighted by molar-refractivity contribution is 7.81. The number of hydrogen-bond acceptors (Lipinski definition) is 5. The molecule has 0 saturated heterocycles. The van der Waals surface area contributed by atoms with E-state index in [1.54, 1.807) is 0 Å². The van der Waals surface area contributed by atoms with Crippen molar-refractivity contribution in [3.05, 3.63) is 0 Å². The topological polar surface area (TPSA) is 122 Å². The van der Waals surface area contributed by atoms with E-state index < -0.39 is 13.3 Å². The molecule has 0 heterocycles. The summed E-state index contributed by atoms with van der Waals surface area (Å²) in [7, 11) is -4.55. The van der Waals surface area contributed by atoms with Gasteiger partial charge in [-0.05, 0) is 0 Å². The van der Waals surface area contributed by atoms with E-state index in [0.29, 0.717) is 0 Å². The second-order valence-corrected chi connectivity index (χ2v) is 4.16. The molecule has 1 amide bonds. The molecule has 1 unspecified atom stereocenters. The number of amides is 1. The molecule has 0 bridgehead atoms. The molecule has 0 aromatic heterocycles. The molecule has 7 nitrogen and oxygen atoms in total. The summed E-state index contributed by atoms with van der Waals surface area (Å²) >= 11 is 3.71. The van der Waals surface area contributed by atoms with Crippen LogP contribution in [0.25, 0.3) is 0 Å². The van der Waals surface area contributed by atoms with Crippen molar-refractivity contribution < 1.29 is 23.7 Å². The lowest BCUT2D eigenvalue weighted by molar-refractivity contribution is -0.121. The summed E-state index contributed by atoms with van der Waals surface area (Å²) in [6, 6.07) is 0. The van der Waals surface area contributed by atoms with Crippen molar-refractivity contribution in [1.29, 1.82) is 0 Å². The fraction of sp³-hybridized carbons (Fsp3) is 0.800. The molecular weight excluding hydrogens is 231 g/mol. The van der Waals surface area contributed by atoms with E-state index >= 15 is 0 Å². The number of nitrogens with two attached hydrogens (primary N) is 1. The van der Waals surface area contributed by atoms with Crippen molar-refractivity contribution in [2.75, 3.05) is 13.1 Å². The minimum Gasteiger partial charge on any atom is -0.353 e. The monoisotopic (exact) mass is 244 g/mol. The molecule has 0 aliphatic rings. The number of nitrogens with one attached hydrogen (secondary N) is 1. The minimum absolute atomic E-state index is 0.0902.